The van der Waals surface area contributed by atoms with Gasteiger partial charge in [-0.3, -0.25) is 0 Å². The van der Waals surface area contributed by atoms with Gasteiger partial charge in [-0.1, -0.05) is 18.2 Å². The Morgan fingerprint density at radius 2 is 1.86 bits per heavy atom. The summed E-state index contributed by atoms with van der Waals surface area (Å²) in [6.45, 7) is 5.25. The average molecular weight is 492 g/mol. The maximum Gasteiger partial charge on any atom is 0.146 e. The normalized spacial score (nSPS) is 18.4. The van der Waals surface area contributed by atoms with Crippen LogP contribution in [0.5, 0.6) is 11.5 Å². The maximum atomic E-state index is 14.4. The molecule has 0 unspecified atom stereocenters. The first-order valence-electron chi connectivity index (χ1n) is 12.5. The Balaban J connectivity index is 1.33. The molecule has 1 fully saturated rings. The van der Waals surface area contributed by atoms with Crippen molar-refractivity contribution in [1.82, 2.24) is 0 Å². The van der Waals surface area contributed by atoms with Gasteiger partial charge in [0, 0.05) is 51.3 Å². The van der Waals surface area contributed by atoms with Crippen molar-refractivity contribution in [3.05, 3.63) is 72.1 Å². The molecule has 2 aliphatic heterocycles. The summed E-state index contributed by atoms with van der Waals surface area (Å²) in [5.74, 6) is 1.29. The molecule has 0 bridgehead atoms. The quantitative estimate of drug-likeness (QED) is 0.437. The third-order valence-corrected chi connectivity index (χ3v) is 6.54. The molecule has 2 aromatic rings. The van der Waals surface area contributed by atoms with Gasteiger partial charge in [-0.2, -0.15) is 5.26 Å². The molecule has 6 nitrogen and oxygen atoms in total. The molecule has 0 radical (unpaired) electrons. The summed E-state index contributed by atoms with van der Waals surface area (Å²) in [5.41, 5.74) is 2.84. The van der Waals surface area contributed by atoms with Crippen LogP contribution in [0.15, 0.2) is 66.3 Å². The van der Waals surface area contributed by atoms with Crippen molar-refractivity contribution in [2.45, 2.75) is 38.3 Å². The van der Waals surface area contributed by atoms with Gasteiger partial charge in [0.2, 0.25) is 0 Å². The molecule has 4 rings (SSSR count). The lowest BCUT2D eigenvalue weighted by molar-refractivity contribution is 0.170. The Hall–Kier alpha value is -3.50. The summed E-state index contributed by atoms with van der Waals surface area (Å²) in [6, 6.07) is 15.4. The molecule has 2 heterocycles. The minimum Gasteiger partial charge on any atom is -0.494 e. The first kappa shape index (κ1) is 25.6. The lowest BCUT2D eigenvalue weighted by Gasteiger charge is -2.34. The van der Waals surface area contributed by atoms with E-state index in [-0.39, 0.29) is 18.0 Å². The summed E-state index contributed by atoms with van der Waals surface area (Å²) >= 11 is 0. The standard InChI is InChI=1S/C29H34FN3O3/c1-3-35-27-10-11-28(30)29(20-27)32-16-13-26(14-17-32)36-25-8-6-23(7-9-25)33-21-22(5-4-18-34-2)19-24(33)12-15-31/h4-11,19-20,24,26H,3,12-14,16-18,21H2,1-2H3/t24-/m0/s1. The SMILES string of the molecule is CCOc1ccc(F)c(N2CCC(Oc3ccc(N4CC(C=CCOC)=C[C@@H]4CC#N)cc3)CC2)c1. The molecule has 2 aliphatic rings. The summed E-state index contributed by atoms with van der Waals surface area (Å²) in [7, 11) is 1.67. The van der Waals surface area contributed by atoms with Crippen molar-refractivity contribution < 1.29 is 18.6 Å². The highest BCUT2D eigenvalue weighted by Crippen LogP contribution is 2.31. The Morgan fingerprint density at radius 1 is 1.11 bits per heavy atom. The number of halogens is 1. The predicted octanol–water partition coefficient (Wildman–Crippen LogP) is 5.50. The molecule has 7 heteroatoms. The van der Waals surface area contributed by atoms with E-state index >= 15 is 0 Å². The van der Waals surface area contributed by atoms with Gasteiger partial charge in [-0.25, -0.2) is 4.39 Å². The van der Waals surface area contributed by atoms with Gasteiger partial charge in [0.1, 0.15) is 23.4 Å². The van der Waals surface area contributed by atoms with Crippen molar-refractivity contribution in [3.8, 4) is 17.6 Å². The van der Waals surface area contributed by atoms with Crippen molar-refractivity contribution in [1.29, 1.82) is 5.26 Å². The topological polar surface area (TPSA) is 58.0 Å². The summed E-state index contributed by atoms with van der Waals surface area (Å²) in [4.78, 5) is 4.30. The van der Waals surface area contributed by atoms with Gasteiger partial charge in [0.25, 0.3) is 0 Å². The molecule has 0 spiro atoms. The highest BCUT2D eigenvalue weighted by Gasteiger charge is 2.25. The molecular formula is C29H34FN3O3. The first-order chi connectivity index (χ1) is 17.6. The van der Waals surface area contributed by atoms with E-state index in [9.17, 15) is 9.65 Å². The van der Waals surface area contributed by atoms with E-state index in [0.29, 0.717) is 31.1 Å². The van der Waals surface area contributed by atoms with Crippen LogP contribution in [0.1, 0.15) is 26.2 Å². The van der Waals surface area contributed by atoms with E-state index in [1.165, 1.54) is 11.6 Å². The van der Waals surface area contributed by atoms with E-state index in [4.69, 9.17) is 14.2 Å². The Kier molecular flexibility index (Phi) is 8.85. The number of piperidine rings is 1. The van der Waals surface area contributed by atoms with Gasteiger partial charge in [-0.15, -0.1) is 0 Å². The second-order valence-corrected chi connectivity index (χ2v) is 9.00. The van der Waals surface area contributed by atoms with Crippen LogP contribution in [0.3, 0.4) is 0 Å². The zero-order valence-corrected chi connectivity index (χ0v) is 21.0. The monoisotopic (exact) mass is 491 g/mol. The van der Waals surface area contributed by atoms with Crippen molar-refractivity contribution >= 4 is 11.4 Å². The summed E-state index contributed by atoms with van der Waals surface area (Å²) < 4.78 is 31.3. The van der Waals surface area contributed by atoms with Crippen LogP contribution in [0.4, 0.5) is 15.8 Å². The molecule has 0 saturated carbocycles. The van der Waals surface area contributed by atoms with Gasteiger partial charge >= 0.3 is 0 Å². The number of rotatable bonds is 10. The molecule has 0 N–H and O–H groups in total. The van der Waals surface area contributed by atoms with E-state index in [1.807, 2.05) is 25.1 Å². The lowest BCUT2D eigenvalue weighted by atomic mass is 10.1. The van der Waals surface area contributed by atoms with Gasteiger partial charge in [0.05, 0.1) is 37.4 Å². The van der Waals surface area contributed by atoms with Crippen LogP contribution < -0.4 is 19.3 Å². The maximum absolute atomic E-state index is 14.4. The number of hydrogen-bond acceptors (Lipinski definition) is 6. The average Bonchev–Trinajstić information content (AvgIpc) is 3.29. The number of nitriles is 1. The zero-order chi connectivity index (χ0) is 25.3. The van der Waals surface area contributed by atoms with Gasteiger partial charge in [-0.05, 0) is 48.9 Å². The van der Waals surface area contributed by atoms with E-state index in [0.717, 1.165) is 43.9 Å². The number of nitrogens with zero attached hydrogens (tertiary/aromatic N) is 3. The van der Waals surface area contributed by atoms with Crippen LogP contribution in [0, 0.1) is 17.1 Å². The van der Waals surface area contributed by atoms with E-state index < -0.39 is 0 Å². The molecule has 36 heavy (non-hydrogen) atoms. The van der Waals surface area contributed by atoms with Gasteiger partial charge < -0.3 is 24.0 Å². The second kappa shape index (κ2) is 12.5. The zero-order valence-electron chi connectivity index (χ0n) is 21.0. The highest BCUT2D eigenvalue weighted by molar-refractivity contribution is 5.56. The Morgan fingerprint density at radius 3 is 2.56 bits per heavy atom. The van der Waals surface area contributed by atoms with Crippen LogP contribution in [-0.4, -0.2) is 52.1 Å². The van der Waals surface area contributed by atoms with Crippen molar-refractivity contribution in [2.75, 3.05) is 49.8 Å². The smallest absolute Gasteiger partial charge is 0.146 e. The Bertz CT molecular complexity index is 1100. The molecule has 1 saturated heterocycles. The molecule has 1 atom stereocenters. The highest BCUT2D eigenvalue weighted by atomic mass is 19.1. The van der Waals surface area contributed by atoms with Crippen molar-refractivity contribution in [2.24, 2.45) is 0 Å². The van der Waals surface area contributed by atoms with Crippen LogP contribution in [0.25, 0.3) is 0 Å². The fraction of sp³-hybridized carbons (Fsp3) is 0.414. The molecular weight excluding hydrogens is 457 g/mol. The predicted molar refractivity (Wildman–Crippen MR) is 140 cm³/mol. The minimum absolute atomic E-state index is 0.0508. The van der Waals surface area contributed by atoms with E-state index in [2.05, 4.69) is 40.2 Å². The molecule has 2 aromatic carbocycles. The molecule has 0 amide bonds. The number of ether oxygens (including phenoxy) is 3. The number of anilines is 2. The molecule has 0 aliphatic carbocycles. The number of methoxy groups -OCH3 is 1. The van der Waals surface area contributed by atoms with Crippen LogP contribution >= 0.6 is 0 Å². The minimum atomic E-state index is -0.225. The van der Waals surface area contributed by atoms with Crippen LogP contribution in [0.2, 0.25) is 0 Å². The van der Waals surface area contributed by atoms with Crippen molar-refractivity contribution in [3.63, 3.8) is 0 Å². The molecule has 0 aromatic heterocycles. The third kappa shape index (κ3) is 6.38. The third-order valence-electron chi connectivity index (χ3n) is 6.54. The number of benzene rings is 2. The summed E-state index contributed by atoms with van der Waals surface area (Å²) in [6.07, 6.45) is 8.37. The van der Waals surface area contributed by atoms with E-state index in [1.54, 1.807) is 19.2 Å². The number of hydrogen-bond donors (Lipinski definition) is 0. The van der Waals surface area contributed by atoms with Gasteiger partial charge in [0.15, 0.2) is 0 Å². The fourth-order valence-electron chi connectivity index (χ4n) is 4.77. The molecule has 190 valence electrons. The lowest BCUT2D eigenvalue weighted by Crippen LogP contribution is -2.38. The second-order valence-electron chi connectivity index (χ2n) is 9.00. The van der Waals surface area contributed by atoms with Crippen LogP contribution in [-0.2, 0) is 4.74 Å². The largest absolute Gasteiger partial charge is 0.494 e. The fourth-order valence-corrected chi connectivity index (χ4v) is 4.77. The Labute approximate surface area is 213 Å². The first-order valence-corrected chi connectivity index (χ1v) is 12.5. The summed E-state index contributed by atoms with van der Waals surface area (Å²) in [5, 5.41) is 9.27.